The lowest BCUT2D eigenvalue weighted by Crippen LogP contribution is -2.30. The van der Waals surface area contributed by atoms with Gasteiger partial charge in [0.1, 0.15) is 5.75 Å². The molecule has 0 saturated carbocycles. The predicted molar refractivity (Wildman–Crippen MR) is 102 cm³/mol. The van der Waals surface area contributed by atoms with E-state index in [1.165, 1.54) is 6.07 Å². The van der Waals surface area contributed by atoms with E-state index < -0.39 is 11.0 Å². The minimum Gasteiger partial charge on any atom is -0.481 e. The first-order valence-corrected chi connectivity index (χ1v) is 8.52. The lowest BCUT2D eigenvalue weighted by Gasteiger charge is -2.19. The number of carbonyl (C=O) groups is 1. The van der Waals surface area contributed by atoms with E-state index in [1.54, 1.807) is 26.0 Å². The van der Waals surface area contributed by atoms with Gasteiger partial charge < -0.3 is 10.1 Å². The van der Waals surface area contributed by atoms with Crippen LogP contribution >= 0.6 is 0 Å². The van der Waals surface area contributed by atoms with Crippen LogP contribution in [0.15, 0.2) is 36.4 Å². The first kappa shape index (κ1) is 19.4. The highest BCUT2D eigenvalue weighted by atomic mass is 16.6. The molecule has 0 aliphatic carbocycles. The van der Waals surface area contributed by atoms with Gasteiger partial charge in [-0.2, -0.15) is 0 Å². The van der Waals surface area contributed by atoms with Crippen LogP contribution in [0.2, 0.25) is 0 Å². The van der Waals surface area contributed by atoms with Crippen LogP contribution in [0.5, 0.6) is 5.75 Å². The summed E-state index contributed by atoms with van der Waals surface area (Å²) in [5, 5.41) is 13.8. The van der Waals surface area contributed by atoms with Gasteiger partial charge in [-0.15, -0.1) is 0 Å². The van der Waals surface area contributed by atoms with Crippen molar-refractivity contribution >= 4 is 17.3 Å². The maximum absolute atomic E-state index is 12.5. The molecule has 26 heavy (non-hydrogen) atoms. The van der Waals surface area contributed by atoms with Crippen LogP contribution in [0.3, 0.4) is 0 Å². The molecule has 1 atom stereocenters. The maximum atomic E-state index is 12.5. The number of aryl methyl sites for hydroxylation is 1. The molecule has 0 heterocycles. The largest absolute Gasteiger partial charge is 0.481 e. The van der Waals surface area contributed by atoms with Gasteiger partial charge in [0.2, 0.25) is 0 Å². The van der Waals surface area contributed by atoms with Crippen LogP contribution in [0.25, 0.3) is 0 Å². The van der Waals surface area contributed by atoms with Gasteiger partial charge in [-0.3, -0.25) is 14.9 Å². The van der Waals surface area contributed by atoms with Crippen LogP contribution in [-0.2, 0) is 4.79 Å². The SMILES string of the molecule is Cc1ccc(C(C)C)c(OC(C)C(=O)Nc2cccc([N+](=O)[O-])c2C)c1. The zero-order chi connectivity index (χ0) is 19.4. The van der Waals surface area contributed by atoms with Crippen LogP contribution in [0.4, 0.5) is 11.4 Å². The fraction of sp³-hybridized carbons (Fsp3) is 0.350. The monoisotopic (exact) mass is 356 g/mol. The summed E-state index contributed by atoms with van der Waals surface area (Å²) < 4.78 is 5.89. The smallest absolute Gasteiger partial charge is 0.274 e. The van der Waals surface area contributed by atoms with Crippen molar-refractivity contribution in [1.29, 1.82) is 0 Å². The number of anilines is 1. The minimum atomic E-state index is -0.743. The Morgan fingerprint density at radius 2 is 1.85 bits per heavy atom. The van der Waals surface area contributed by atoms with Crippen molar-refractivity contribution in [2.75, 3.05) is 5.32 Å². The van der Waals surface area contributed by atoms with Crippen molar-refractivity contribution in [2.24, 2.45) is 0 Å². The summed E-state index contributed by atoms with van der Waals surface area (Å²) in [6.07, 6.45) is -0.743. The molecule has 6 nitrogen and oxygen atoms in total. The molecule has 6 heteroatoms. The van der Waals surface area contributed by atoms with Crippen molar-refractivity contribution in [1.82, 2.24) is 0 Å². The molecule has 0 aliphatic rings. The predicted octanol–water partition coefficient (Wildman–Crippen LogP) is 4.74. The highest BCUT2D eigenvalue weighted by Gasteiger charge is 2.20. The molecular weight excluding hydrogens is 332 g/mol. The zero-order valence-electron chi connectivity index (χ0n) is 15.7. The zero-order valence-corrected chi connectivity index (χ0v) is 15.7. The maximum Gasteiger partial charge on any atom is 0.274 e. The Balaban J connectivity index is 2.18. The molecular formula is C20H24N2O4. The van der Waals surface area contributed by atoms with Gasteiger partial charge in [0.25, 0.3) is 11.6 Å². The van der Waals surface area contributed by atoms with Gasteiger partial charge in [0.15, 0.2) is 6.10 Å². The van der Waals surface area contributed by atoms with E-state index in [9.17, 15) is 14.9 Å². The third-order valence-corrected chi connectivity index (χ3v) is 4.22. The number of nitrogens with zero attached hydrogens (tertiary/aromatic N) is 1. The Morgan fingerprint density at radius 1 is 1.15 bits per heavy atom. The summed E-state index contributed by atoms with van der Waals surface area (Å²) in [6, 6.07) is 10.5. The fourth-order valence-corrected chi connectivity index (χ4v) is 2.66. The van der Waals surface area contributed by atoms with Crippen molar-refractivity contribution in [3.05, 3.63) is 63.2 Å². The number of nitro groups is 1. The van der Waals surface area contributed by atoms with Gasteiger partial charge in [-0.05, 0) is 49.9 Å². The number of rotatable bonds is 6. The van der Waals surface area contributed by atoms with E-state index in [1.807, 2.05) is 25.1 Å². The Hall–Kier alpha value is -2.89. The standard InChI is InChI=1S/C20H24N2O4/c1-12(2)16-10-9-13(3)11-19(16)26-15(5)20(23)21-17-7-6-8-18(14(17)4)22(24)25/h6-12,15H,1-5H3,(H,21,23). The average Bonchev–Trinajstić information content (AvgIpc) is 2.56. The van der Waals surface area contributed by atoms with E-state index in [4.69, 9.17) is 4.74 Å². The molecule has 0 fully saturated rings. The Kier molecular flexibility index (Phi) is 5.97. The summed E-state index contributed by atoms with van der Waals surface area (Å²) in [5.74, 6) is 0.586. The number of ether oxygens (including phenoxy) is 1. The van der Waals surface area contributed by atoms with Crippen molar-refractivity contribution < 1.29 is 14.5 Å². The van der Waals surface area contributed by atoms with E-state index >= 15 is 0 Å². The topological polar surface area (TPSA) is 81.5 Å². The lowest BCUT2D eigenvalue weighted by molar-refractivity contribution is -0.385. The second-order valence-corrected chi connectivity index (χ2v) is 6.65. The molecule has 0 radical (unpaired) electrons. The number of hydrogen-bond acceptors (Lipinski definition) is 4. The molecule has 2 aromatic rings. The number of hydrogen-bond donors (Lipinski definition) is 1. The van der Waals surface area contributed by atoms with E-state index in [-0.39, 0.29) is 17.5 Å². The number of benzene rings is 2. The highest BCUT2D eigenvalue weighted by Crippen LogP contribution is 2.29. The Bertz CT molecular complexity index is 831. The second-order valence-electron chi connectivity index (χ2n) is 6.65. The van der Waals surface area contributed by atoms with E-state index in [0.29, 0.717) is 17.0 Å². The van der Waals surface area contributed by atoms with Gasteiger partial charge in [0, 0.05) is 6.07 Å². The lowest BCUT2D eigenvalue weighted by atomic mass is 10.0. The van der Waals surface area contributed by atoms with Crippen LogP contribution < -0.4 is 10.1 Å². The minimum absolute atomic E-state index is 0.0304. The van der Waals surface area contributed by atoms with Crippen LogP contribution in [0, 0.1) is 24.0 Å². The molecule has 138 valence electrons. The molecule has 0 aliphatic heterocycles. The Labute approximate surface area is 153 Å². The Morgan fingerprint density at radius 3 is 2.46 bits per heavy atom. The van der Waals surface area contributed by atoms with Crippen molar-refractivity contribution in [2.45, 2.75) is 46.6 Å². The third kappa shape index (κ3) is 4.39. The third-order valence-electron chi connectivity index (χ3n) is 4.22. The molecule has 1 amide bonds. The first-order chi connectivity index (χ1) is 12.2. The molecule has 0 aromatic heterocycles. The highest BCUT2D eigenvalue weighted by molar-refractivity contribution is 5.95. The second kappa shape index (κ2) is 7.99. The van der Waals surface area contributed by atoms with Crippen molar-refractivity contribution in [3.63, 3.8) is 0 Å². The van der Waals surface area contributed by atoms with E-state index in [2.05, 4.69) is 19.2 Å². The van der Waals surface area contributed by atoms with Gasteiger partial charge in [-0.1, -0.05) is 32.0 Å². The number of carbonyl (C=O) groups excluding carboxylic acids is 1. The summed E-state index contributed by atoms with van der Waals surface area (Å²) in [7, 11) is 0. The van der Waals surface area contributed by atoms with E-state index in [0.717, 1.165) is 11.1 Å². The van der Waals surface area contributed by atoms with Crippen LogP contribution in [-0.4, -0.2) is 16.9 Å². The molecule has 2 rings (SSSR count). The average molecular weight is 356 g/mol. The summed E-state index contributed by atoms with van der Waals surface area (Å²) in [4.78, 5) is 23.1. The number of nitrogens with one attached hydrogen (secondary N) is 1. The molecule has 0 spiro atoms. The molecule has 2 aromatic carbocycles. The fourth-order valence-electron chi connectivity index (χ4n) is 2.66. The summed E-state index contributed by atoms with van der Waals surface area (Å²) >= 11 is 0. The summed E-state index contributed by atoms with van der Waals surface area (Å²) in [5.41, 5.74) is 2.87. The molecule has 0 bridgehead atoms. The quantitative estimate of drug-likeness (QED) is 0.598. The summed E-state index contributed by atoms with van der Waals surface area (Å²) in [6.45, 7) is 9.36. The van der Waals surface area contributed by atoms with Gasteiger partial charge in [-0.25, -0.2) is 0 Å². The molecule has 0 saturated heterocycles. The van der Waals surface area contributed by atoms with Gasteiger partial charge in [0.05, 0.1) is 16.2 Å². The van der Waals surface area contributed by atoms with Crippen molar-refractivity contribution in [3.8, 4) is 5.75 Å². The van der Waals surface area contributed by atoms with Crippen LogP contribution in [0.1, 0.15) is 43.4 Å². The van der Waals surface area contributed by atoms with Gasteiger partial charge >= 0.3 is 0 Å². The molecule has 1 unspecified atom stereocenters. The number of nitro benzene ring substituents is 1. The normalized spacial score (nSPS) is 11.9. The molecule has 1 N–H and O–H groups in total. The number of amides is 1. The first-order valence-electron chi connectivity index (χ1n) is 8.52.